The van der Waals surface area contributed by atoms with E-state index in [1.807, 2.05) is 26.0 Å². The van der Waals surface area contributed by atoms with E-state index in [1.54, 1.807) is 18.2 Å². The highest BCUT2D eigenvalue weighted by molar-refractivity contribution is 6.42. The first-order chi connectivity index (χ1) is 14.3. The molecule has 0 aliphatic rings. The Balaban J connectivity index is 2.05. The molecule has 30 heavy (non-hydrogen) atoms. The van der Waals surface area contributed by atoms with Gasteiger partial charge >= 0.3 is 0 Å². The van der Waals surface area contributed by atoms with E-state index in [0.29, 0.717) is 28.5 Å². The molecule has 1 atom stereocenters. The second-order valence-corrected chi connectivity index (χ2v) is 7.51. The SMILES string of the molecule is C=CCOc1ccccc1C=NNC(=O)C(NC(=O)c1ccc(Cl)c(Cl)c1)C(C)C. The average Bonchev–Trinajstić information content (AvgIpc) is 2.72. The fourth-order valence-corrected chi connectivity index (χ4v) is 2.80. The Morgan fingerprint density at radius 2 is 1.90 bits per heavy atom. The largest absolute Gasteiger partial charge is 0.489 e. The standard InChI is InChI=1S/C22H23Cl2N3O3/c1-4-11-30-19-8-6-5-7-16(19)13-25-27-22(29)20(14(2)3)26-21(28)15-9-10-17(23)18(24)12-15/h4-10,12-14,20H,1,11H2,2-3H3,(H,26,28)(H,27,29). The number of carbonyl (C=O) groups excluding carboxylic acids is 2. The van der Waals surface area contributed by atoms with Crippen molar-refractivity contribution in [2.24, 2.45) is 11.0 Å². The number of hydrogen-bond acceptors (Lipinski definition) is 4. The lowest BCUT2D eigenvalue weighted by Gasteiger charge is -2.20. The van der Waals surface area contributed by atoms with Gasteiger partial charge in [-0.05, 0) is 36.2 Å². The molecule has 0 saturated carbocycles. The summed E-state index contributed by atoms with van der Waals surface area (Å²) in [5.41, 5.74) is 3.47. The van der Waals surface area contributed by atoms with Crippen molar-refractivity contribution in [1.82, 2.24) is 10.7 Å². The molecule has 0 radical (unpaired) electrons. The molecule has 8 heteroatoms. The summed E-state index contributed by atoms with van der Waals surface area (Å²) >= 11 is 11.8. The van der Waals surface area contributed by atoms with Crippen molar-refractivity contribution in [1.29, 1.82) is 0 Å². The number of benzene rings is 2. The van der Waals surface area contributed by atoms with Crippen molar-refractivity contribution in [3.05, 3.63) is 76.3 Å². The molecule has 0 spiro atoms. The molecule has 2 N–H and O–H groups in total. The summed E-state index contributed by atoms with van der Waals surface area (Å²) < 4.78 is 5.55. The van der Waals surface area contributed by atoms with Crippen molar-refractivity contribution in [2.45, 2.75) is 19.9 Å². The minimum atomic E-state index is -0.795. The van der Waals surface area contributed by atoms with Gasteiger partial charge in [-0.25, -0.2) is 5.43 Å². The molecule has 158 valence electrons. The van der Waals surface area contributed by atoms with Crippen molar-refractivity contribution < 1.29 is 14.3 Å². The zero-order valence-electron chi connectivity index (χ0n) is 16.7. The Morgan fingerprint density at radius 1 is 1.17 bits per heavy atom. The highest BCUT2D eigenvalue weighted by atomic mass is 35.5. The second-order valence-electron chi connectivity index (χ2n) is 6.70. The van der Waals surface area contributed by atoms with Crippen LogP contribution in [0.5, 0.6) is 5.75 Å². The van der Waals surface area contributed by atoms with Gasteiger partial charge in [0.05, 0.1) is 16.3 Å². The predicted molar refractivity (Wildman–Crippen MR) is 120 cm³/mol. The van der Waals surface area contributed by atoms with Crippen LogP contribution in [0, 0.1) is 5.92 Å². The van der Waals surface area contributed by atoms with E-state index in [0.717, 1.165) is 0 Å². The van der Waals surface area contributed by atoms with Crippen molar-refractivity contribution in [2.75, 3.05) is 6.61 Å². The van der Waals surface area contributed by atoms with Gasteiger partial charge in [0.15, 0.2) is 0 Å². The van der Waals surface area contributed by atoms with Crippen LogP contribution in [0.1, 0.15) is 29.8 Å². The highest BCUT2D eigenvalue weighted by Gasteiger charge is 2.24. The van der Waals surface area contributed by atoms with Gasteiger partial charge in [0, 0.05) is 11.1 Å². The lowest BCUT2D eigenvalue weighted by atomic mass is 10.0. The number of hydrazone groups is 1. The Hall–Kier alpha value is -2.83. The molecule has 0 aliphatic carbocycles. The Kier molecular flexibility index (Phi) is 8.89. The Morgan fingerprint density at radius 3 is 2.57 bits per heavy atom. The molecule has 2 aromatic carbocycles. The summed E-state index contributed by atoms with van der Waals surface area (Å²) in [6.07, 6.45) is 3.12. The van der Waals surface area contributed by atoms with Crippen LogP contribution in [0.3, 0.4) is 0 Å². The van der Waals surface area contributed by atoms with Crippen molar-refractivity contribution in [3.8, 4) is 5.75 Å². The second kappa shape index (κ2) is 11.4. The number of para-hydroxylation sites is 1. The summed E-state index contributed by atoms with van der Waals surface area (Å²) in [4.78, 5) is 25.1. The normalized spacial score (nSPS) is 11.9. The van der Waals surface area contributed by atoms with Crippen LogP contribution in [-0.4, -0.2) is 30.7 Å². The predicted octanol–water partition coefficient (Wildman–Crippen LogP) is 4.46. The Bertz CT molecular complexity index is 945. The van der Waals surface area contributed by atoms with E-state index in [-0.39, 0.29) is 10.9 Å². The van der Waals surface area contributed by atoms with Gasteiger partial charge in [-0.15, -0.1) is 0 Å². The molecule has 0 aliphatic heterocycles. The quantitative estimate of drug-likeness (QED) is 0.338. The number of rotatable bonds is 9. The highest BCUT2D eigenvalue weighted by Crippen LogP contribution is 2.22. The van der Waals surface area contributed by atoms with Gasteiger partial charge in [0.25, 0.3) is 11.8 Å². The first-order valence-corrected chi connectivity index (χ1v) is 10.0. The van der Waals surface area contributed by atoms with Crippen LogP contribution in [0.2, 0.25) is 10.0 Å². The third kappa shape index (κ3) is 6.61. The van der Waals surface area contributed by atoms with Gasteiger partial charge in [-0.3, -0.25) is 9.59 Å². The molecular weight excluding hydrogens is 425 g/mol. The lowest BCUT2D eigenvalue weighted by molar-refractivity contribution is -0.123. The lowest BCUT2D eigenvalue weighted by Crippen LogP contribution is -2.48. The van der Waals surface area contributed by atoms with E-state index >= 15 is 0 Å². The fourth-order valence-electron chi connectivity index (χ4n) is 2.50. The molecule has 2 aromatic rings. The third-order valence-electron chi connectivity index (χ3n) is 4.07. The number of carbonyl (C=O) groups is 2. The van der Waals surface area contributed by atoms with Crippen LogP contribution < -0.4 is 15.5 Å². The average molecular weight is 448 g/mol. The number of nitrogens with one attached hydrogen (secondary N) is 2. The molecule has 2 rings (SSSR count). The van der Waals surface area contributed by atoms with Gasteiger partial charge in [0.2, 0.25) is 0 Å². The van der Waals surface area contributed by atoms with Crippen LogP contribution in [0.25, 0.3) is 0 Å². The zero-order chi connectivity index (χ0) is 22.1. The van der Waals surface area contributed by atoms with Gasteiger partial charge in [0.1, 0.15) is 18.4 Å². The maximum Gasteiger partial charge on any atom is 0.262 e. The first kappa shape index (κ1) is 23.4. The number of amides is 2. The van der Waals surface area contributed by atoms with Crippen LogP contribution in [0.15, 0.2) is 60.2 Å². The van der Waals surface area contributed by atoms with Crippen LogP contribution in [0.4, 0.5) is 0 Å². The van der Waals surface area contributed by atoms with E-state index in [2.05, 4.69) is 22.4 Å². The summed E-state index contributed by atoms with van der Waals surface area (Å²) in [7, 11) is 0. The fraction of sp³-hybridized carbons (Fsp3) is 0.227. The molecule has 0 heterocycles. The molecule has 0 fully saturated rings. The van der Waals surface area contributed by atoms with Gasteiger partial charge < -0.3 is 10.1 Å². The maximum atomic E-state index is 12.6. The zero-order valence-corrected chi connectivity index (χ0v) is 18.2. The summed E-state index contributed by atoms with van der Waals surface area (Å²) in [5.74, 6) is -0.437. The van der Waals surface area contributed by atoms with E-state index in [4.69, 9.17) is 27.9 Å². The summed E-state index contributed by atoms with van der Waals surface area (Å²) in [6.45, 7) is 7.61. The van der Waals surface area contributed by atoms with Crippen LogP contribution in [-0.2, 0) is 4.79 Å². The summed E-state index contributed by atoms with van der Waals surface area (Å²) in [6, 6.07) is 11.0. The molecular formula is C22H23Cl2N3O3. The van der Waals surface area contributed by atoms with Crippen molar-refractivity contribution in [3.63, 3.8) is 0 Å². The topological polar surface area (TPSA) is 79.8 Å². The smallest absolute Gasteiger partial charge is 0.262 e. The molecule has 0 bridgehead atoms. The monoisotopic (exact) mass is 447 g/mol. The molecule has 1 unspecified atom stereocenters. The van der Waals surface area contributed by atoms with Crippen LogP contribution >= 0.6 is 23.2 Å². The minimum Gasteiger partial charge on any atom is -0.489 e. The first-order valence-electron chi connectivity index (χ1n) is 9.25. The Labute approximate surface area is 185 Å². The van der Waals surface area contributed by atoms with Gasteiger partial charge in [-0.2, -0.15) is 5.10 Å². The number of hydrogen-bond donors (Lipinski definition) is 2. The van der Waals surface area contributed by atoms with E-state index < -0.39 is 17.9 Å². The third-order valence-corrected chi connectivity index (χ3v) is 4.81. The number of halogens is 2. The van der Waals surface area contributed by atoms with E-state index in [1.165, 1.54) is 24.4 Å². The molecule has 2 amide bonds. The molecule has 0 aromatic heterocycles. The molecule has 0 saturated heterocycles. The van der Waals surface area contributed by atoms with E-state index in [9.17, 15) is 9.59 Å². The number of nitrogens with zero attached hydrogens (tertiary/aromatic N) is 1. The maximum absolute atomic E-state index is 12.6. The minimum absolute atomic E-state index is 0.171. The molecule has 6 nitrogen and oxygen atoms in total. The summed E-state index contributed by atoms with van der Waals surface area (Å²) in [5, 5.41) is 7.31. The van der Waals surface area contributed by atoms with Gasteiger partial charge in [-0.1, -0.05) is 61.8 Å². The number of ether oxygens (including phenoxy) is 1. The van der Waals surface area contributed by atoms with Crippen molar-refractivity contribution >= 4 is 41.2 Å².